The van der Waals surface area contributed by atoms with Crippen LogP contribution in [0.4, 0.5) is 5.69 Å². The fourth-order valence-electron chi connectivity index (χ4n) is 3.05. The summed E-state index contributed by atoms with van der Waals surface area (Å²) in [6.07, 6.45) is 0. The molecule has 2 aromatic heterocycles. The van der Waals surface area contributed by atoms with Crippen molar-refractivity contribution in [2.24, 2.45) is 17.8 Å². The highest BCUT2D eigenvalue weighted by atomic mass is 35.5. The predicted octanol–water partition coefficient (Wildman–Crippen LogP) is 2.10. The zero-order chi connectivity index (χ0) is 24.2. The lowest BCUT2D eigenvalue weighted by atomic mass is 10.2. The van der Waals surface area contributed by atoms with Gasteiger partial charge >= 0.3 is 11.4 Å². The van der Waals surface area contributed by atoms with Crippen molar-refractivity contribution in [3.8, 4) is 11.6 Å². The fraction of sp³-hybridized carbons (Fsp3) is 0.0870. The van der Waals surface area contributed by atoms with Gasteiger partial charge in [-0.25, -0.2) is 24.1 Å². The monoisotopic (exact) mass is 478 g/mol. The molecule has 11 heteroatoms. The summed E-state index contributed by atoms with van der Waals surface area (Å²) in [4.78, 5) is 47.3. The molecule has 0 radical (unpaired) electrons. The molecule has 0 saturated heterocycles. The average molecular weight is 479 g/mol. The molecule has 10 nitrogen and oxygen atoms in total. The van der Waals surface area contributed by atoms with Gasteiger partial charge in [-0.15, -0.1) is 0 Å². The smallest absolute Gasteiger partial charge is 0.335 e. The number of halogens is 1. The Morgan fingerprint density at radius 2 is 1.79 bits per heavy atom. The number of ether oxygens (including phenoxy) is 1. The number of aromatic amines is 1. The number of nitrogens with two attached hydrogens (primary N) is 1. The molecular weight excluding hydrogens is 460 g/mol. The molecule has 1 amide bonds. The van der Waals surface area contributed by atoms with Crippen LogP contribution in [-0.2, 0) is 13.6 Å². The van der Waals surface area contributed by atoms with Gasteiger partial charge in [0.15, 0.2) is 0 Å². The summed E-state index contributed by atoms with van der Waals surface area (Å²) in [6, 6.07) is 18.3. The van der Waals surface area contributed by atoms with Gasteiger partial charge in [0.1, 0.15) is 11.4 Å². The lowest BCUT2D eigenvalue weighted by Gasteiger charge is -2.09. The molecule has 172 valence electrons. The fourth-order valence-corrected chi connectivity index (χ4v) is 3.18. The minimum Gasteiger partial charge on any atom is -0.439 e. The Hall–Kier alpha value is -4.44. The number of pyridine rings is 1. The van der Waals surface area contributed by atoms with Crippen molar-refractivity contribution in [1.29, 1.82) is 0 Å². The predicted molar refractivity (Wildman–Crippen MR) is 125 cm³/mol. The molecule has 0 atom stereocenters. The van der Waals surface area contributed by atoms with Gasteiger partial charge in [0.25, 0.3) is 5.91 Å². The van der Waals surface area contributed by atoms with E-state index in [1.54, 1.807) is 60.7 Å². The molecule has 3 N–H and O–H groups in total. The van der Waals surface area contributed by atoms with E-state index in [2.05, 4.69) is 15.0 Å². The van der Waals surface area contributed by atoms with Crippen LogP contribution in [0.15, 0.2) is 81.3 Å². The Bertz CT molecular complexity index is 1540. The molecule has 4 rings (SSSR count). The molecule has 34 heavy (non-hydrogen) atoms. The molecule has 0 unspecified atom stereocenters. The zero-order valence-electron chi connectivity index (χ0n) is 17.9. The highest BCUT2D eigenvalue weighted by molar-refractivity contribution is 6.30. The molecule has 0 spiro atoms. The summed E-state index contributed by atoms with van der Waals surface area (Å²) in [5, 5.41) is 0.576. The highest BCUT2D eigenvalue weighted by Crippen LogP contribution is 2.22. The van der Waals surface area contributed by atoms with Crippen molar-refractivity contribution in [2.45, 2.75) is 6.54 Å². The topological polar surface area (TPSA) is 137 Å². The van der Waals surface area contributed by atoms with E-state index >= 15 is 0 Å². The molecule has 0 saturated carbocycles. The molecule has 0 bridgehead atoms. The maximum atomic E-state index is 12.8. The molecule has 0 fully saturated rings. The first-order valence-electron chi connectivity index (χ1n) is 10.0. The lowest BCUT2D eigenvalue weighted by Crippen LogP contribution is -2.48. The van der Waals surface area contributed by atoms with Crippen molar-refractivity contribution < 1.29 is 9.53 Å². The number of benzene rings is 2. The van der Waals surface area contributed by atoms with E-state index in [1.165, 1.54) is 17.7 Å². The summed E-state index contributed by atoms with van der Waals surface area (Å²) in [5.74, 6) is -0.00763. The van der Waals surface area contributed by atoms with Gasteiger partial charge in [-0.2, -0.15) is 0 Å². The molecule has 4 aromatic rings. The molecule has 2 aromatic carbocycles. The van der Waals surface area contributed by atoms with Crippen molar-refractivity contribution in [1.82, 2.24) is 19.1 Å². The number of primary amides is 1. The van der Waals surface area contributed by atoms with Crippen molar-refractivity contribution in [3.05, 3.63) is 110 Å². The minimum absolute atomic E-state index is 0.0870. The van der Waals surface area contributed by atoms with E-state index in [4.69, 9.17) is 22.1 Å². The van der Waals surface area contributed by atoms with Crippen LogP contribution in [0.5, 0.6) is 11.6 Å². The number of amides is 1. The quantitative estimate of drug-likeness (QED) is 0.437. The van der Waals surface area contributed by atoms with Crippen LogP contribution in [0.25, 0.3) is 0 Å². The second-order valence-corrected chi connectivity index (χ2v) is 7.68. The number of nitrogens with zero attached hydrogens (tertiary/aromatic N) is 4. The second-order valence-electron chi connectivity index (χ2n) is 7.24. The standard InChI is InChI=1S/C23H19ClN6O4/c1-29-22(32)28-21(30(23(29)33)13-14-5-7-15(24)8-6-14)26-16-9-11-17(12-10-16)34-19-4-2-3-18(27-19)20(25)31/h2-12H,13H2,1H3,(H2,25,31)(H,26,28,32). The number of carbonyl (C=O) groups excluding carboxylic acids is 1. The molecular formula is C23H19ClN6O4. The van der Waals surface area contributed by atoms with Crippen molar-refractivity contribution in [2.75, 3.05) is 0 Å². The number of aromatic nitrogens is 4. The van der Waals surface area contributed by atoms with Crippen LogP contribution < -0.4 is 27.5 Å². The van der Waals surface area contributed by atoms with Gasteiger partial charge in [-0.05, 0) is 48.0 Å². The van der Waals surface area contributed by atoms with E-state index in [1.807, 2.05) is 0 Å². The maximum absolute atomic E-state index is 12.8. The summed E-state index contributed by atoms with van der Waals surface area (Å²) in [5.41, 5.74) is 5.60. The Morgan fingerprint density at radius 1 is 1.09 bits per heavy atom. The van der Waals surface area contributed by atoms with Gasteiger partial charge in [0, 0.05) is 18.1 Å². The van der Waals surface area contributed by atoms with Gasteiger partial charge in [-0.1, -0.05) is 29.8 Å². The van der Waals surface area contributed by atoms with Crippen LogP contribution in [0.1, 0.15) is 16.1 Å². The van der Waals surface area contributed by atoms with E-state index in [0.29, 0.717) is 16.5 Å². The third-order valence-electron chi connectivity index (χ3n) is 4.82. The van der Waals surface area contributed by atoms with Crippen LogP contribution in [0.3, 0.4) is 0 Å². The molecule has 2 heterocycles. The number of hydrogen-bond acceptors (Lipinski definition) is 6. The van der Waals surface area contributed by atoms with E-state index in [9.17, 15) is 14.4 Å². The third kappa shape index (κ3) is 5.13. The maximum Gasteiger partial charge on any atom is 0.335 e. The van der Waals surface area contributed by atoms with E-state index < -0.39 is 17.3 Å². The Kier molecular flexibility index (Phi) is 6.42. The molecule has 0 aliphatic carbocycles. The van der Waals surface area contributed by atoms with Gasteiger partial charge in [0.2, 0.25) is 11.5 Å². The first-order chi connectivity index (χ1) is 16.3. The highest BCUT2D eigenvalue weighted by Gasteiger charge is 2.08. The number of hydrogen-bond donors (Lipinski definition) is 2. The first-order valence-corrected chi connectivity index (χ1v) is 10.4. The van der Waals surface area contributed by atoms with Crippen molar-refractivity contribution in [3.63, 3.8) is 0 Å². The van der Waals surface area contributed by atoms with Crippen LogP contribution >= 0.6 is 11.6 Å². The number of H-pyrrole nitrogens is 1. The number of carbonyl (C=O) groups is 1. The van der Waals surface area contributed by atoms with Gasteiger partial charge in [0.05, 0.1) is 12.2 Å². The summed E-state index contributed by atoms with van der Waals surface area (Å²) in [6.45, 7) is 0.183. The molecule has 0 aliphatic rings. The molecule has 0 aliphatic heterocycles. The first kappa shape index (κ1) is 22.7. The van der Waals surface area contributed by atoms with E-state index in [-0.39, 0.29) is 23.7 Å². The van der Waals surface area contributed by atoms with Crippen molar-refractivity contribution >= 4 is 23.2 Å². The minimum atomic E-state index is -0.658. The number of nitrogens with one attached hydrogen (secondary N) is 1. The SMILES string of the molecule is Cn1c(=O)[nH]/c(=N\c2ccc(Oc3cccc(C(N)=O)n3)cc2)n(Cc2ccc(Cl)cc2)c1=O. The summed E-state index contributed by atoms with van der Waals surface area (Å²) < 4.78 is 7.98. The largest absolute Gasteiger partial charge is 0.439 e. The normalized spacial score (nSPS) is 11.4. The summed E-state index contributed by atoms with van der Waals surface area (Å²) >= 11 is 5.94. The Morgan fingerprint density at radius 3 is 2.47 bits per heavy atom. The second kappa shape index (κ2) is 9.59. The van der Waals surface area contributed by atoms with E-state index in [0.717, 1.165) is 10.1 Å². The zero-order valence-corrected chi connectivity index (χ0v) is 18.7. The van der Waals surface area contributed by atoms with Crippen LogP contribution in [0.2, 0.25) is 5.02 Å². The Balaban J connectivity index is 1.66. The summed E-state index contributed by atoms with van der Waals surface area (Å²) in [7, 11) is 1.39. The number of rotatable bonds is 6. The van der Waals surface area contributed by atoms with Gasteiger partial charge < -0.3 is 10.5 Å². The van der Waals surface area contributed by atoms with Gasteiger partial charge in [-0.3, -0.25) is 14.3 Å². The van der Waals surface area contributed by atoms with Crippen LogP contribution in [0, 0.1) is 0 Å². The van der Waals surface area contributed by atoms with Crippen LogP contribution in [-0.4, -0.2) is 25.0 Å². The lowest BCUT2D eigenvalue weighted by molar-refractivity contribution is 0.0995. The third-order valence-corrected chi connectivity index (χ3v) is 5.07. The average Bonchev–Trinajstić information content (AvgIpc) is 2.83. The Labute approximate surface area is 197 Å².